The second-order valence-electron chi connectivity index (χ2n) is 5.80. The molecule has 0 fully saturated rings. The largest absolute Gasteiger partial charge is 0.465 e. The maximum Gasteiger partial charge on any atom is 0.338 e. The van der Waals surface area contributed by atoms with Gasteiger partial charge in [0.25, 0.3) is 0 Å². The highest BCUT2D eigenvalue weighted by Gasteiger charge is 2.21. The van der Waals surface area contributed by atoms with Crippen LogP contribution >= 0.6 is 15.9 Å². The van der Waals surface area contributed by atoms with Crippen molar-refractivity contribution in [3.05, 3.63) is 46.1 Å². The molecule has 0 saturated carbocycles. The van der Waals surface area contributed by atoms with Gasteiger partial charge in [-0.3, -0.25) is 4.79 Å². The number of nitrogens with zero attached hydrogens (tertiary/aromatic N) is 3. The van der Waals surface area contributed by atoms with E-state index in [1.54, 1.807) is 19.9 Å². The zero-order chi connectivity index (χ0) is 19.6. The summed E-state index contributed by atoms with van der Waals surface area (Å²) in [6.45, 7) is 3.69. The van der Waals surface area contributed by atoms with Crippen molar-refractivity contribution in [2.75, 3.05) is 13.7 Å². The molecule has 0 amide bonds. The average molecular weight is 432 g/mol. The van der Waals surface area contributed by atoms with Crippen molar-refractivity contribution in [3.63, 3.8) is 0 Å². The van der Waals surface area contributed by atoms with E-state index < -0.39 is 11.9 Å². The molecule has 0 aliphatic rings. The van der Waals surface area contributed by atoms with Gasteiger partial charge in [-0.15, -0.1) is 0 Å². The summed E-state index contributed by atoms with van der Waals surface area (Å²) in [5.74, 6) is -0.909. The van der Waals surface area contributed by atoms with E-state index in [9.17, 15) is 9.59 Å². The lowest BCUT2D eigenvalue weighted by Crippen LogP contribution is -2.15. The number of pyridine rings is 1. The Balaban J connectivity index is 2.24. The van der Waals surface area contributed by atoms with Gasteiger partial charge < -0.3 is 9.47 Å². The first kappa shape index (κ1) is 19.0. The Morgan fingerprint density at radius 1 is 1.26 bits per heavy atom. The summed E-state index contributed by atoms with van der Waals surface area (Å²) in [7, 11) is 1.33. The number of carbonyl (C=O) groups is 2. The Morgan fingerprint density at radius 2 is 2.04 bits per heavy atom. The van der Waals surface area contributed by atoms with Gasteiger partial charge >= 0.3 is 11.9 Å². The van der Waals surface area contributed by atoms with Crippen molar-refractivity contribution >= 4 is 38.9 Å². The van der Waals surface area contributed by atoms with Crippen LogP contribution in [0.25, 0.3) is 22.3 Å². The summed E-state index contributed by atoms with van der Waals surface area (Å²) < 4.78 is 12.3. The SMILES string of the molecule is CCOC(=O)Cn1nc(C)c2c(C(=O)OC)cc(-c3cccc(Br)c3)nc21. The summed E-state index contributed by atoms with van der Waals surface area (Å²) in [6, 6.07) is 9.25. The molecule has 0 spiro atoms. The minimum Gasteiger partial charge on any atom is -0.465 e. The molecule has 0 bridgehead atoms. The van der Waals surface area contributed by atoms with Crippen LogP contribution < -0.4 is 0 Å². The van der Waals surface area contributed by atoms with Crippen LogP contribution in [-0.2, 0) is 20.8 Å². The van der Waals surface area contributed by atoms with Crippen LogP contribution in [0.2, 0.25) is 0 Å². The number of rotatable bonds is 5. The smallest absolute Gasteiger partial charge is 0.338 e. The number of aromatic nitrogens is 3. The van der Waals surface area contributed by atoms with Crippen molar-refractivity contribution in [1.29, 1.82) is 0 Å². The lowest BCUT2D eigenvalue weighted by atomic mass is 10.1. The molecule has 0 radical (unpaired) electrons. The van der Waals surface area contributed by atoms with E-state index in [4.69, 9.17) is 9.47 Å². The highest BCUT2D eigenvalue weighted by molar-refractivity contribution is 9.10. The first-order valence-electron chi connectivity index (χ1n) is 8.32. The number of aryl methyl sites for hydroxylation is 1. The summed E-state index contributed by atoms with van der Waals surface area (Å²) in [5.41, 5.74) is 2.76. The highest BCUT2D eigenvalue weighted by Crippen LogP contribution is 2.29. The van der Waals surface area contributed by atoms with E-state index in [-0.39, 0.29) is 13.2 Å². The zero-order valence-corrected chi connectivity index (χ0v) is 16.7. The Labute approximate surface area is 164 Å². The van der Waals surface area contributed by atoms with Gasteiger partial charge in [-0.25, -0.2) is 14.5 Å². The summed E-state index contributed by atoms with van der Waals surface area (Å²) in [5, 5.41) is 4.94. The molecule has 7 nitrogen and oxygen atoms in total. The molecule has 3 rings (SSSR count). The van der Waals surface area contributed by atoms with E-state index >= 15 is 0 Å². The normalized spacial score (nSPS) is 10.8. The summed E-state index contributed by atoms with van der Waals surface area (Å²) >= 11 is 3.44. The number of benzene rings is 1. The second-order valence-corrected chi connectivity index (χ2v) is 6.72. The molecule has 8 heteroatoms. The molecular formula is C19H18BrN3O4. The zero-order valence-electron chi connectivity index (χ0n) is 15.2. The van der Waals surface area contributed by atoms with Gasteiger partial charge in [0.05, 0.1) is 36.1 Å². The molecule has 3 aromatic rings. The maximum atomic E-state index is 12.4. The van der Waals surface area contributed by atoms with Crippen molar-refractivity contribution in [1.82, 2.24) is 14.8 Å². The van der Waals surface area contributed by atoms with Gasteiger partial charge in [-0.2, -0.15) is 5.10 Å². The first-order valence-corrected chi connectivity index (χ1v) is 9.12. The Kier molecular flexibility index (Phi) is 5.55. The molecule has 0 N–H and O–H groups in total. The van der Waals surface area contributed by atoms with E-state index in [0.717, 1.165) is 10.0 Å². The van der Waals surface area contributed by atoms with Crippen LogP contribution in [0.4, 0.5) is 0 Å². The van der Waals surface area contributed by atoms with Crippen LogP contribution in [0.1, 0.15) is 23.0 Å². The number of ether oxygens (including phenoxy) is 2. The number of hydrogen-bond acceptors (Lipinski definition) is 6. The quantitative estimate of drug-likeness (QED) is 0.574. The fraction of sp³-hybridized carbons (Fsp3) is 0.263. The van der Waals surface area contributed by atoms with E-state index in [2.05, 4.69) is 26.0 Å². The lowest BCUT2D eigenvalue weighted by molar-refractivity contribution is -0.143. The van der Waals surface area contributed by atoms with Crippen molar-refractivity contribution < 1.29 is 19.1 Å². The van der Waals surface area contributed by atoms with Gasteiger partial charge in [-0.1, -0.05) is 28.1 Å². The molecule has 27 heavy (non-hydrogen) atoms. The Hall–Kier alpha value is -2.74. The molecule has 1 aromatic carbocycles. The molecule has 0 aliphatic heterocycles. The van der Waals surface area contributed by atoms with Gasteiger partial charge in [0.1, 0.15) is 6.54 Å². The predicted molar refractivity (Wildman–Crippen MR) is 103 cm³/mol. The van der Waals surface area contributed by atoms with Gasteiger partial charge in [0.2, 0.25) is 0 Å². The van der Waals surface area contributed by atoms with E-state index in [1.807, 2.05) is 24.3 Å². The molecule has 0 unspecified atom stereocenters. The third-order valence-corrected chi connectivity index (χ3v) is 4.48. The first-order chi connectivity index (χ1) is 12.9. The minimum atomic E-state index is -0.488. The minimum absolute atomic E-state index is 0.0896. The van der Waals surface area contributed by atoms with Crippen LogP contribution in [0.3, 0.4) is 0 Å². The van der Waals surface area contributed by atoms with Crippen molar-refractivity contribution in [3.8, 4) is 11.3 Å². The summed E-state index contributed by atoms with van der Waals surface area (Å²) in [6.07, 6.45) is 0. The monoisotopic (exact) mass is 431 g/mol. The molecular weight excluding hydrogens is 414 g/mol. The fourth-order valence-electron chi connectivity index (χ4n) is 2.86. The van der Waals surface area contributed by atoms with Gasteiger partial charge in [0.15, 0.2) is 5.65 Å². The number of halogens is 1. The highest BCUT2D eigenvalue weighted by atomic mass is 79.9. The molecule has 0 saturated heterocycles. The standard InChI is InChI=1S/C19H18BrN3O4/c1-4-27-16(24)10-23-18-17(11(2)22-23)14(19(25)26-3)9-15(21-18)12-6-5-7-13(20)8-12/h5-9H,4,10H2,1-3H3. The molecule has 2 heterocycles. The fourth-order valence-corrected chi connectivity index (χ4v) is 3.26. The van der Waals surface area contributed by atoms with Crippen LogP contribution in [0, 0.1) is 6.92 Å². The number of hydrogen-bond donors (Lipinski definition) is 0. The topological polar surface area (TPSA) is 83.3 Å². The number of carbonyl (C=O) groups excluding carboxylic acids is 2. The molecule has 0 aliphatic carbocycles. The third kappa shape index (κ3) is 3.85. The molecule has 0 atom stereocenters. The van der Waals surface area contributed by atoms with Gasteiger partial charge in [-0.05, 0) is 32.0 Å². The second kappa shape index (κ2) is 7.87. The molecule has 140 valence electrons. The number of methoxy groups -OCH3 is 1. The number of esters is 2. The number of fused-ring (bicyclic) bond motifs is 1. The van der Waals surface area contributed by atoms with Crippen LogP contribution in [-0.4, -0.2) is 40.4 Å². The van der Waals surface area contributed by atoms with Gasteiger partial charge in [0, 0.05) is 10.0 Å². The molecule has 2 aromatic heterocycles. The van der Waals surface area contributed by atoms with Crippen LogP contribution in [0.15, 0.2) is 34.8 Å². The van der Waals surface area contributed by atoms with Crippen molar-refractivity contribution in [2.24, 2.45) is 0 Å². The van der Waals surface area contributed by atoms with E-state index in [1.165, 1.54) is 11.8 Å². The predicted octanol–water partition coefficient (Wildman–Crippen LogP) is 3.52. The average Bonchev–Trinajstić information content (AvgIpc) is 2.96. The third-order valence-electron chi connectivity index (χ3n) is 3.99. The Bertz CT molecular complexity index is 1030. The maximum absolute atomic E-state index is 12.4. The van der Waals surface area contributed by atoms with Crippen LogP contribution in [0.5, 0.6) is 0 Å². The van der Waals surface area contributed by atoms with E-state index in [0.29, 0.717) is 28.0 Å². The summed E-state index contributed by atoms with van der Waals surface area (Å²) in [4.78, 5) is 29.0. The van der Waals surface area contributed by atoms with Crippen molar-refractivity contribution in [2.45, 2.75) is 20.4 Å². The Morgan fingerprint density at radius 3 is 2.70 bits per heavy atom. The lowest BCUT2D eigenvalue weighted by Gasteiger charge is -2.08.